The van der Waals surface area contributed by atoms with Crippen LogP contribution in [0.25, 0.3) is 0 Å². The van der Waals surface area contributed by atoms with Crippen molar-refractivity contribution in [2.45, 2.75) is 63.9 Å². The van der Waals surface area contributed by atoms with E-state index in [-0.39, 0.29) is 11.8 Å². The first-order valence-electron chi connectivity index (χ1n) is 8.75. The average Bonchev–Trinajstić information content (AvgIpc) is 2.57. The SMILES string of the molecule is CC[C@@H](C(=O)NCCCOC1CCCCC1)c1ccccc1. The zero-order valence-electron chi connectivity index (χ0n) is 13.7. The Kier molecular flexibility index (Phi) is 7.44. The minimum Gasteiger partial charge on any atom is -0.378 e. The van der Waals surface area contributed by atoms with Crippen molar-refractivity contribution in [3.63, 3.8) is 0 Å². The van der Waals surface area contributed by atoms with E-state index in [1.807, 2.05) is 30.3 Å². The summed E-state index contributed by atoms with van der Waals surface area (Å²) >= 11 is 0. The lowest BCUT2D eigenvalue weighted by atomic mass is 9.96. The summed E-state index contributed by atoms with van der Waals surface area (Å²) in [6.07, 6.45) is 8.55. The minimum absolute atomic E-state index is 0.0412. The van der Waals surface area contributed by atoms with Crippen LogP contribution in [0.15, 0.2) is 30.3 Å². The molecule has 0 bridgehead atoms. The van der Waals surface area contributed by atoms with Gasteiger partial charge in [-0.15, -0.1) is 0 Å². The second kappa shape index (κ2) is 9.62. The predicted molar refractivity (Wildman–Crippen MR) is 89.9 cm³/mol. The van der Waals surface area contributed by atoms with E-state index < -0.39 is 0 Å². The molecule has 22 heavy (non-hydrogen) atoms. The Labute approximate surface area is 134 Å². The average molecular weight is 303 g/mol. The van der Waals surface area contributed by atoms with Gasteiger partial charge in [0, 0.05) is 13.2 Å². The van der Waals surface area contributed by atoms with Crippen LogP contribution >= 0.6 is 0 Å². The van der Waals surface area contributed by atoms with Gasteiger partial charge in [-0.05, 0) is 31.2 Å². The van der Waals surface area contributed by atoms with Crippen LogP contribution in [0.2, 0.25) is 0 Å². The highest BCUT2D eigenvalue weighted by molar-refractivity contribution is 5.83. The molecule has 0 heterocycles. The molecule has 1 saturated carbocycles. The Morgan fingerprint density at radius 1 is 1.23 bits per heavy atom. The van der Waals surface area contributed by atoms with E-state index in [1.54, 1.807) is 0 Å². The summed E-state index contributed by atoms with van der Waals surface area (Å²) in [4.78, 5) is 12.3. The maximum Gasteiger partial charge on any atom is 0.227 e. The van der Waals surface area contributed by atoms with Crippen LogP contribution in [0.5, 0.6) is 0 Å². The van der Waals surface area contributed by atoms with E-state index in [2.05, 4.69) is 12.2 Å². The van der Waals surface area contributed by atoms with Gasteiger partial charge in [-0.3, -0.25) is 4.79 Å². The molecule has 0 radical (unpaired) electrons. The van der Waals surface area contributed by atoms with E-state index >= 15 is 0 Å². The van der Waals surface area contributed by atoms with Crippen LogP contribution in [0.4, 0.5) is 0 Å². The van der Waals surface area contributed by atoms with Crippen LogP contribution in [-0.4, -0.2) is 25.2 Å². The fourth-order valence-electron chi connectivity index (χ4n) is 3.15. The smallest absolute Gasteiger partial charge is 0.227 e. The molecule has 1 atom stereocenters. The van der Waals surface area contributed by atoms with Crippen molar-refractivity contribution >= 4 is 5.91 Å². The molecule has 1 fully saturated rings. The second-order valence-electron chi connectivity index (χ2n) is 6.15. The minimum atomic E-state index is -0.0412. The van der Waals surface area contributed by atoms with Crippen molar-refractivity contribution < 1.29 is 9.53 Å². The van der Waals surface area contributed by atoms with Crippen LogP contribution in [0, 0.1) is 0 Å². The Morgan fingerprint density at radius 2 is 1.95 bits per heavy atom. The number of hydrogen-bond acceptors (Lipinski definition) is 2. The third kappa shape index (κ3) is 5.45. The van der Waals surface area contributed by atoms with Gasteiger partial charge < -0.3 is 10.1 Å². The van der Waals surface area contributed by atoms with Gasteiger partial charge in [0.2, 0.25) is 5.91 Å². The first-order chi connectivity index (χ1) is 10.8. The lowest BCUT2D eigenvalue weighted by molar-refractivity contribution is -0.122. The van der Waals surface area contributed by atoms with Gasteiger partial charge in [-0.25, -0.2) is 0 Å². The van der Waals surface area contributed by atoms with Crippen molar-refractivity contribution in [1.29, 1.82) is 0 Å². The monoisotopic (exact) mass is 303 g/mol. The third-order valence-electron chi connectivity index (χ3n) is 4.45. The van der Waals surface area contributed by atoms with Crippen molar-refractivity contribution in [3.05, 3.63) is 35.9 Å². The Bertz CT molecular complexity index is 426. The van der Waals surface area contributed by atoms with Crippen molar-refractivity contribution in [1.82, 2.24) is 5.32 Å². The molecular weight excluding hydrogens is 274 g/mol. The van der Waals surface area contributed by atoms with Gasteiger partial charge in [0.05, 0.1) is 12.0 Å². The molecule has 2 rings (SSSR count). The zero-order chi connectivity index (χ0) is 15.6. The molecule has 0 unspecified atom stereocenters. The van der Waals surface area contributed by atoms with E-state index in [0.717, 1.165) is 25.0 Å². The highest BCUT2D eigenvalue weighted by atomic mass is 16.5. The normalized spacial score (nSPS) is 17.1. The number of carbonyl (C=O) groups is 1. The maximum atomic E-state index is 12.3. The predicted octanol–water partition coefficient (Wildman–Crippen LogP) is 4.04. The number of nitrogens with one attached hydrogen (secondary N) is 1. The van der Waals surface area contributed by atoms with Gasteiger partial charge in [0.15, 0.2) is 0 Å². The zero-order valence-corrected chi connectivity index (χ0v) is 13.7. The molecule has 1 amide bonds. The topological polar surface area (TPSA) is 38.3 Å². The molecule has 3 heteroatoms. The van der Waals surface area contributed by atoms with Crippen molar-refractivity contribution in [3.8, 4) is 0 Å². The number of carbonyl (C=O) groups excluding carboxylic acids is 1. The first-order valence-corrected chi connectivity index (χ1v) is 8.75. The van der Waals surface area contributed by atoms with E-state index in [1.165, 1.54) is 32.1 Å². The van der Waals surface area contributed by atoms with Crippen molar-refractivity contribution in [2.75, 3.05) is 13.2 Å². The maximum absolute atomic E-state index is 12.3. The van der Waals surface area contributed by atoms with Gasteiger partial charge in [-0.1, -0.05) is 56.5 Å². The molecular formula is C19H29NO2. The number of hydrogen-bond donors (Lipinski definition) is 1. The fourth-order valence-corrected chi connectivity index (χ4v) is 3.15. The molecule has 3 nitrogen and oxygen atoms in total. The second-order valence-corrected chi connectivity index (χ2v) is 6.15. The van der Waals surface area contributed by atoms with Crippen LogP contribution in [0.1, 0.15) is 63.4 Å². The van der Waals surface area contributed by atoms with Gasteiger partial charge >= 0.3 is 0 Å². The molecule has 0 aliphatic heterocycles. The van der Waals surface area contributed by atoms with E-state index in [9.17, 15) is 4.79 Å². The Balaban J connectivity index is 1.64. The highest BCUT2D eigenvalue weighted by Gasteiger charge is 2.18. The first kappa shape index (κ1) is 17.0. The Morgan fingerprint density at radius 3 is 2.64 bits per heavy atom. The highest BCUT2D eigenvalue weighted by Crippen LogP contribution is 2.20. The fraction of sp³-hybridized carbons (Fsp3) is 0.632. The molecule has 1 aromatic rings. The van der Waals surface area contributed by atoms with E-state index in [0.29, 0.717) is 12.6 Å². The summed E-state index contributed by atoms with van der Waals surface area (Å²) in [5, 5.41) is 3.05. The number of benzene rings is 1. The largest absolute Gasteiger partial charge is 0.378 e. The molecule has 122 valence electrons. The molecule has 1 aliphatic rings. The number of ether oxygens (including phenoxy) is 1. The van der Waals surface area contributed by atoms with Crippen LogP contribution < -0.4 is 5.32 Å². The molecule has 1 N–H and O–H groups in total. The summed E-state index contributed by atoms with van der Waals surface area (Å²) in [7, 11) is 0. The lowest BCUT2D eigenvalue weighted by Gasteiger charge is -2.22. The molecule has 1 aliphatic carbocycles. The molecule has 0 saturated heterocycles. The third-order valence-corrected chi connectivity index (χ3v) is 4.45. The summed E-state index contributed by atoms with van der Waals surface area (Å²) in [6, 6.07) is 10.0. The standard InChI is InChI=1S/C19H29NO2/c1-2-18(16-10-5-3-6-11-16)19(21)20-14-9-15-22-17-12-7-4-8-13-17/h3,5-6,10-11,17-18H,2,4,7-9,12-15H2,1H3,(H,20,21)/t18-/m1/s1. The number of amides is 1. The van der Waals surface area contributed by atoms with E-state index in [4.69, 9.17) is 4.74 Å². The summed E-state index contributed by atoms with van der Waals surface area (Å²) in [5.41, 5.74) is 1.10. The van der Waals surface area contributed by atoms with Gasteiger partial charge in [-0.2, -0.15) is 0 Å². The Hall–Kier alpha value is -1.35. The van der Waals surface area contributed by atoms with Gasteiger partial charge in [0.1, 0.15) is 0 Å². The summed E-state index contributed by atoms with van der Waals surface area (Å²) in [5.74, 6) is 0.0897. The molecule has 1 aromatic carbocycles. The lowest BCUT2D eigenvalue weighted by Crippen LogP contribution is -2.30. The summed E-state index contributed by atoms with van der Waals surface area (Å²) < 4.78 is 5.88. The van der Waals surface area contributed by atoms with Crippen LogP contribution in [-0.2, 0) is 9.53 Å². The molecule has 0 spiro atoms. The molecule has 0 aromatic heterocycles. The van der Waals surface area contributed by atoms with Crippen molar-refractivity contribution in [2.24, 2.45) is 0 Å². The quantitative estimate of drug-likeness (QED) is 0.736. The van der Waals surface area contributed by atoms with Crippen LogP contribution in [0.3, 0.4) is 0 Å². The van der Waals surface area contributed by atoms with Gasteiger partial charge in [0.25, 0.3) is 0 Å². The summed E-state index contributed by atoms with van der Waals surface area (Å²) in [6.45, 7) is 3.52. The number of rotatable bonds is 8.